The summed E-state index contributed by atoms with van der Waals surface area (Å²) in [6, 6.07) is 5.05. The van der Waals surface area contributed by atoms with E-state index in [0.29, 0.717) is 16.6 Å². The maximum Gasteiger partial charge on any atom is 0.151 e. The summed E-state index contributed by atoms with van der Waals surface area (Å²) in [6.45, 7) is 2.17. The van der Waals surface area contributed by atoms with Gasteiger partial charge in [-0.2, -0.15) is 0 Å². The molecule has 5 heteroatoms. The van der Waals surface area contributed by atoms with Gasteiger partial charge in [0.25, 0.3) is 0 Å². The minimum absolute atomic E-state index is 0.113. The second kappa shape index (κ2) is 6.59. The number of nitrogens with two attached hydrogens (primary N) is 1. The number of rotatable bonds is 4. The van der Waals surface area contributed by atoms with Crippen LogP contribution in [0.25, 0.3) is 0 Å². The zero-order valence-electron chi connectivity index (χ0n) is 10.7. The van der Waals surface area contributed by atoms with Gasteiger partial charge in [-0.15, -0.1) is 0 Å². The Balaban J connectivity index is 1.89. The van der Waals surface area contributed by atoms with Gasteiger partial charge in [-0.25, -0.2) is 4.39 Å². The summed E-state index contributed by atoms with van der Waals surface area (Å²) in [6.07, 6.45) is 2.15. The average molecular weight is 329 g/mol. The molecule has 2 N–H and O–H groups in total. The zero-order valence-corrected chi connectivity index (χ0v) is 12.3. The van der Waals surface area contributed by atoms with Crippen molar-refractivity contribution in [2.75, 3.05) is 19.6 Å². The molecule has 0 aromatic heterocycles. The number of carbonyl (C=O) groups is 1. The maximum atomic E-state index is 13.3. The SMILES string of the molecule is NC1CCN(CC(=O)Cc2cccc(F)c2Br)CC1. The normalized spacial score (nSPS) is 17.6. The number of Topliss-reactive ketones (excluding diaryl/α,β-unsaturated/α-hetero) is 1. The number of hydrogen-bond donors (Lipinski definition) is 1. The molecular formula is C14H18BrFN2O. The van der Waals surface area contributed by atoms with Gasteiger partial charge in [-0.3, -0.25) is 9.69 Å². The van der Waals surface area contributed by atoms with Gasteiger partial charge in [0.1, 0.15) is 5.82 Å². The van der Waals surface area contributed by atoms with Crippen molar-refractivity contribution in [1.82, 2.24) is 4.90 Å². The molecule has 0 spiro atoms. The lowest BCUT2D eigenvalue weighted by Crippen LogP contribution is -2.42. The van der Waals surface area contributed by atoms with Gasteiger partial charge in [-0.05, 0) is 40.4 Å². The summed E-state index contributed by atoms with van der Waals surface area (Å²) >= 11 is 3.18. The van der Waals surface area contributed by atoms with E-state index in [1.807, 2.05) is 0 Å². The number of likely N-dealkylation sites (tertiary alicyclic amines) is 1. The maximum absolute atomic E-state index is 13.3. The topological polar surface area (TPSA) is 46.3 Å². The molecule has 0 atom stereocenters. The van der Waals surface area contributed by atoms with Crippen LogP contribution in [0.2, 0.25) is 0 Å². The fraction of sp³-hybridized carbons (Fsp3) is 0.500. The quantitative estimate of drug-likeness (QED) is 0.920. The van der Waals surface area contributed by atoms with Crippen molar-refractivity contribution >= 4 is 21.7 Å². The van der Waals surface area contributed by atoms with Crippen LogP contribution < -0.4 is 5.73 Å². The molecule has 1 saturated heterocycles. The number of benzene rings is 1. The van der Waals surface area contributed by atoms with Crippen molar-refractivity contribution in [3.63, 3.8) is 0 Å². The predicted molar refractivity (Wildman–Crippen MR) is 76.5 cm³/mol. The van der Waals surface area contributed by atoms with Gasteiger partial charge in [0.15, 0.2) is 5.78 Å². The van der Waals surface area contributed by atoms with Crippen LogP contribution in [0.3, 0.4) is 0 Å². The number of ketones is 1. The highest BCUT2D eigenvalue weighted by Crippen LogP contribution is 2.21. The fourth-order valence-electron chi connectivity index (χ4n) is 2.31. The van der Waals surface area contributed by atoms with Gasteiger partial charge in [0.2, 0.25) is 0 Å². The Morgan fingerprint density at radius 3 is 2.79 bits per heavy atom. The van der Waals surface area contributed by atoms with Crippen LogP contribution in [0.1, 0.15) is 18.4 Å². The molecule has 1 fully saturated rings. The first kappa shape index (κ1) is 14.6. The van der Waals surface area contributed by atoms with Gasteiger partial charge < -0.3 is 5.73 Å². The average Bonchev–Trinajstić information content (AvgIpc) is 2.38. The third-order valence-electron chi connectivity index (χ3n) is 3.45. The second-order valence-electron chi connectivity index (χ2n) is 5.04. The molecule has 104 valence electrons. The summed E-state index contributed by atoms with van der Waals surface area (Å²) in [7, 11) is 0. The molecule has 1 aliphatic rings. The molecule has 1 aliphatic heterocycles. The Hall–Kier alpha value is -0.780. The van der Waals surface area contributed by atoms with Crippen LogP contribution in [0.5, 0.6) is 0 Å². The van der Waals surface area contributed by atoms with E-state index in [0.717, 1.165) is 25.9 Å². The third-order valence-corrected chi connectivity index (χ3v) is 4.34. The first-order valence-electron chi connectivity index (χ1n) is 6.49. The van der Waals surface area contributed by atoms with Gasteiger partial charge in [-0.1, -0.05) is 12.1 Å². The van der Waals surface area contributed by atoms with Crippen LogP contribution in [-0.4, -0.2) is 36.4 Å². The van der Waals surface area contributed by atoms with Gasteiger partial charge >= 0.3 is 0 Å². The Labute approximate surface area is 121 Å². The predicted octanol–water partition coefficient (Wildman–Crippen LogP) is 2.12. The minimum Gasteiger partial charge on any atom is -0.328 e. The highest BCUT2D eigenvalue weighted by molar-refractivity contribution is 9.10. The molecular weight excluding hydrogens is 311 g/mol. The first-order valence-corrected chi connectivity index (χ1v) is 7.28. The molecule has 3 nitrogen and oxygen atoms in total. The van der Waals surface area contributed by atoms with Gasteiger partial charge in [0.05, 0.1) is 11.0 Å². The first-order chi connectivity index (χ1) is 9.06. The monoisotopic (exact) mass is 328 g/mol. The molecule has 2 rings (SSSR count). The number of nitrogens with zero attached hydrogens (tertiary/aromatic N) is 1. The summed E-state index contributed by atoms with van der Waals surface area (Å²) in [5.41, 5.74) is 6.54. The Bertz CT molecular complexity index is 459. The Morgan fingerprint density at radius 2 is 2.11 bits per heavy atom. The van der Waals surface area contributed by atoms with E-state index in [1.165, 1.54) is 6.07 Å². The van der Waals surface area contributed by atoms with Crippen molar-refractivity contribution in [3.8, 4) is 0 Å². The molecule has 1 aromatic rings. The minimum atomic E-state index is -0.325. The van der Waals surface area contributed by atoms with E-state index >= 15 is 0 Å². The zero-order chi connectivity index (χ0) is 13.8. The van der Waals surface area contributed by atoms with E-state index in [9.17, 15) is 9.18 Å². The fourth-order valence-corrected chi connectivity index (χ4v) is 2.72. The molecule has 0 bridgehead atoms. The second-order valence-corrected chi connectivity index (χ2v) is 5.83. The van der Waals surface area contributed by atoms with Gasteiger partial charge in [0, 0.05) is 25.6 Å². The highest BCUT2D eigenvalue weighted by atomic mass is 79.9. The number of hydrogen-bond acceptors (Lipinski definition) is 3. The summed E-state index contributed by atoms with van der Waals surface area (Å²) in [5.74, 6) is -0.212. The van der Waals surface area contributed by atoms with Crippen molar-refractivity contribution in [2.45, 2.75) is 25.3 Å². The van der Waals surface area contributed by atoms with Crippen LogP contribution in [0, 0.1) is 5.82 Å². The van der Waals surface area contributed by atoms with Crippen LogP contribution >= 0.6 is 15.9 Å². The summed E-state index contributed by atoms with van der Waals surface area (Å²) in [5, 5.41) is 0. The highest BCUT2D eigenvalue weighted by Gasteiger charge is 2.19. The molecule has 0 saturated carbocycles. The van der Waals surface area contributed by atoms with E-state index < -0.39 is 0 Å². The van der Waals surface area contributed by atoms with Crippen molar-refractivity contribution in [1.29, 1.82) is 0 Å². The van der Waals surface area contributed by atoms with E-state index in [1.54, 1.807) is 12.1 Å². The molecule has 0 amide bonds. The van der Waals surface area contributed by atoms with Crippen LogP contribution in [0.4, 0.5) is 4.39 Å². The Morgan fingerprint density at radius 1 is 1.42 bits per heavy atom. The van der Waals surface area contributed by atoms with Crippen molar-refractivity contribution in [3.05, 3.63) is 34.1 Å². The summed E-state index contributed by atoms with van der Waals surface area (Å²) < 4.78 is 13.7. The summed E-state index contributed by atoms with van der Waals surface area (Å²) in [4.78, 5) is 14.1. The smallest absolute Gasteiger partial charge is 0.151 e. The van der Waals surface area contributed by atoms with E-state index in [2.05, 4.69) is 20.8 Å². The lowest BCUT2D eigenvalue weighted by Gasteiger charge is -2.29. The lowest BCUT2D eigenvalue weighted by atomic mass is 10.0. The van der Waals surface area contributed by atoms with Crippen molar-refractivity contribution in [2.24, 2.45) is 5.73 Å². The molecule has 0 unspecified atom stereocenters. The lowest BCUT2D eigenvalue weighted by molar-refractivity contribution is -0.119. The Kier molecular flexibility index (Phi) is 5.07. The van der Waals surface area contributed by atoms with Crippen LogP contribution in [0.15, 0.2) is 22.7 Å². The standard InChI is InChI=1S/C14H18BrFN2O/c15-14-10(2-1-3-13(14)16)8-12(19)9-18-6-4-11(17)5-7-18/h1-3,11H,4-9,17H2. The van der Waals surface area contributed by atoms with Crippen molar-refractivity contribution < 1.29 is 9.18 Å². The number of carbonyl (C=O) groups excluding carboxylic acids is 1. The number of piperidine rings is 1. The molecule has 0 aliphatic carbocycles. The van der Waals surface area contributed by atoms with E-state index in [-0.39, 0.29) is 24.1 Å². The van der Waals surface area contributed by atoms with Crippen LogP contribution in [-0.2, 0) is 11.2 Å². The molecule has 1 heterocycles. The number of halogens is 2. The molecule has 19 heavy (non-hydrogen) atoms. The van der Waals surface area contributed by atoms with E-state index in [4.69, 9.17) is 5.73 Å². The third kappa shape index (κ3) is 4.09. The molecule has 1 aromatic carbocycles. The molecule has 0 radical (unpaired) electrons. The largest absolute Gasteiger partial charge is 0.328 e.